The van der Waals surface area contributed by atoms with E-state index in [1.807, 2.05) is 17.5 Å². The van der Waals surface area contributed by atoms with E-state index in [9.17, 15) is 9.90 Å². The highest BCUT2D eigenvalue weighted by Gasteiger charge is 2.36. The molecule has 1 aliphatic carbocycles. The van der Waals surface area contributed by atoms with Gasteiger partial charge in [0.15, 0.2) is 5.69 Å². The Morgan fingerprint density at radius 3 is 3.00 bits per heavy atom. The number of hydrogen-bond acceptors (Lipinski definition) is 4. The van der Waals surface area contributed by atoms with Crippen LogP contribution in [0.1, 0.15) is 29.8 Å². The van der Waals surface area contributed by atoms with Crippen molar-refractivity contribution < 1.29 is 9.90 Å². The number of hydrogen-bond donors (Lipinski definition) is 3. The van der Waals surface area contributed by atoms with E-state index < -0.39 is 0 Å². The summed E-state index contributed by atoms with van der Waals surface area (Å²) in [7, 11) is 0. The number of aliphatic hydroxyl groups is 1. The number of rotatable bonds is 5. The SMILES string of the molecule is O=C(NCC1(CO)CCC1)c1cc(-c2cccs2)[nH]n1. The van der Waals surface area contributed by atoms with E-state index in [2.05, 4.69) is 15.5 Å². The molecule has 0 unspecified atom stereocenters. The maximum atomic E-state index is 12.1. The zero-order chi connectivity index (χ0) is 14.0. The van der Waals surface area contributed by atoms with Crippen molar-refractivity contribution in [1.82, 2.24) is 15.5 Å². The Kier molecular flexibility index (Phi) is 3.58. The molecule has 1 saturated carbocycles. The molecule has 1 fully saturated rings. The molecule has 2 aromatic rings. The molecular formula is C14H17N3O2S. The van der Waals surface area contributed by atoms with Gasteiger partial charge in [-0.1, -0.05) is 12.5 Å². The Labute approximate surface area is 121 Å². The molecule has 0 radical (unpaired) electrons. The Balaban J connectivity index is 1.63. The van der Waals surface area contributed by atoms with Crippen LogP contribution < -0.4 is 5.32 Å². The minimum Gasteiger partial charge on any atom is -0.396 e. The van der Waals surface area contributed by atoms with Crippen LogP contribution in [-0.4, -0.2) is 34.4 Å². The maximum absolute atomic E-state index is 12.1. The van der Waals surface area contributed by atoms with Gasteiger partial charge in [0.2, 0.25) is 0 Å². The van der Waals surface area contributed by atoms with Crippen molar-refractivity contribution in [3.8, 4) is 10.6 Å². The van der Waals surface area contributed by atoms with Gasteiger partial charge in [-0.3, -0.25) is 9.89 Å². The fraction of sp³-hybridized carbons (Fsp3) is 0.429. The molecule has 0 bridgehead atoms. The summed E-state index contributed by atoms with van der Waals surface area (Å²) in [6, 6.07) is 5.70. The Bertz CT molecular complexity index is 582. The molecule has 6 heteroatoms. The summed E-state index contributed by atoms with van der Waals surface area (Å²) >= 11 is 1.60. The second-order valence-corrected chi connectivity index (χ2v) is 6.29. The Hall–Kier alpha value is -1.66. The standard InChI is InChI=1S/C14H17N3O2S/c18-9-14(4-2-5-14)8-15-13(19)11-7-10(16-17-11)12-3-1-6-20-12/h1,3,6-7,18H,2,4-5,8-9H2,(H,15,19)(H,16,17). The van der Waals surface area contributed by atoms with Gasteiger partial charge in [0.05, 0.1) is 17.2 Å². The fourth-order valence-corrected chi connectivity index (χ4v) is 3.11. The highest BCUT2D eigenvalue weighted by Crippen LogP contribution is 2.39. The highest BCUT2D eigenvalue weighted by molar-refractivity contribution is 7.13. The van der Waals surface area contributed by atoms with Crippen LogP contribution >= 0.6 is 11.3 Å². The summed E-state index contributed by atoms with van der Waals surface area (Å²) in [5, 5.41) is 21.2. The van der Waals surface area contributed by atoms with Crippen molar-refractivity contribution >= 4 is 17.2 Å². The van der Waals surface area contributed by atoms with Gasteiger partial charge in [0, 0.05) is 12.0 Å². The van der Waals surface area contributed by atoms with Crippen molar-refractivity contribution in [2.75, 3.05) is 13.2 Å². The van der Waals surface area contributed by atoms with E-state index in [1.165, 1.54) is 0 Å². The van der Waals surface area contributed by atoms with Gasteiger partial charge >= 0.3 is 0 Å². The Morgan fingerprint density at radius 2 is 2.40 bits per heavy atom. The predicted octanol–water partition coefficient (Wildman–Crippen LogP) is 2.03. The van der Waals surface area contributed by atoms with E-state index in [0.29, 0.717) is 12.2 Å². The number of carbonyl (C=O) groups excluding carboxylic acids is 1. The average Bonchev–Trinajstić information content (AvgIpc) is 3.08. The molecule has 1 aliphatic rings. The lowest BCUT2D eigenvalue weighted by molar-refractivity contribution is 0.0428. The summed E-state index contributed by atoms with van der Waals surface area (Å²) in [6.07, 6.45) is 3.08. The minimum absolute atomic E-state index is 0.109. The maximum Gasteiger partial charge on any atom is 0.271 e. The molecule has 0 aliphatic heterocycles. The molecular weight excluding hydrogens is 274 g/mol. The second-order valence-electron chi connectivity index (χ2n) is 5.34. The minimum atomic E-state index is -0.191. The number of aliphatic hydroxyl groups excluding tert-OH is 1. The van der Waals surface area contributed by atoms with Gasteiger partial charge in [0.1, 0.15) is 0 Å². The zero-order valence-corrected chi connectivity index (χ0v) is 11.9. The molecule has 3 rings (SSSR count). The molecule has 0 atom stereocenters. The molecule has 0 aromatic carbocycles. The lowest BCUT2D eigenvalue weighted by atomic mass is 9.69. The monoisotopic (exact) mass is 291 g/mol. The molecule has 0 spiro atoms. The van der Waals surface area contributed by atoms with Crippen molar-refractivity contribution in [2.24, 2.45) is 5.41 Å². The number of thiophene rings is 1. The first kappa shape index (κ1) is 13.3. The average molecular weight is 291 g/mol. The highest BCUT2D eigenvalue weighted by atomic mass is 32.1. The van der Waals surface area contributed by atoms with Crippen LogP contribution in [0.3, 0.4) is 0 Å². The first-order valence-electron chi connectivity index (χ1n) is 6.71. The number of H-pyrrole nitrogens is 1. The first-order valence-corrected chi connectivity index (χ1v) is 7.59. The lowest BCUT2D eigenvalue weighted by Gasteiger charge is -2.40. The quantitative estimate of drug-likeness (QED) is 0.788. The zero-order valence-electron chi connectivity index (χ0n) is 11.1. The van der Waals surface area contributed by atoms with Crippen LogP contribution in [0.4, 0.5) is 0 Å². The van der Waals surface area contributed by atoms with Crippen LogP contribution in [0.5, 0.6) is 0 Å². The summed E-state index contributed by atoms with van der Waals surface area (Å²) in [4.78, 5) is 13.1. The summed E-state index contributed by atoms with van der Waals surface area (Å²) in [5.74, 6) is -0.191. The molecule has 20 heavy (non-hydrogen) atoms. The molecule has 0 saturated heterocycles. The molecule has 2 heterocycles. The van der Waals surface area contributed by atoms with Crippen molar-refractivity contribution in [2.45, 2.75) is 19.3 Å². The summed E-state index contributed by atoms with van der Waals surface area (Å²) in [5.41, 5.74) is 1.13. The molecule has 106 valence electrons. The molecule has 2 aromatic heterocycles. The largest absolute Gasteiger partial charge is 0.396 e. The second kappa shape index (κ2) is 5.38. The van der Waals surface area contributed by atoms with Gasteiger partial charge < -0.3 is 10.4 Å². The predicted molar refractivity (Wildman–Crippen MR) is 77.6 cm³/mol. The summed E-state index contributed by atoms with van der Waals surface area (Å²) in [6.45, 7) is 0.651. The van der Waals surface area contributed by atoms with E-state index >= 15 is 0 Å². The van der Waals surface area contributed by atoms with Gasteiger partial charge in [-0.2, -0.15) is 5.10 Å². The van der Waals surface area contributed by atoms with Crippen LogP contribution in [0.25, 0.3) is 10.6 Å². The third kappa shape index (κ3) is 2.48. The third-order valence-corrected chi connectivity index (χ3v) is 4.87. The molecule has 3 N–H and O–H groups in total. The van der Waals surface area contributed by atoms with Crippen molar-refractivity contribution in [3.05, 3.63) is 29.3 Å². The Morgan fingerprint density at radius 1 is 1.55 bits per heavy atom. The van der Waals surface area contributed by atoms with E-state index in [1.54, 1.807) is 17.4 Å². The number of carbonyl (C=O) groups is 1. The molecule has 5 nitrogen and oxygen atoms in total. The number of aromatic amines is 1. The number of amides is 1. The van der Waals surface area contributed by atoms with E-state index in [4.69, 9.17) is 0 Å². The van der Waals surface area contributed by atoms with Crippen molar-refractivity contribution in [3.63, 3.8) is 0 Å². The van der Waals surface area contributed by atoms with Gasteiger partial charge in [-0.05, 0) is 30.4 Å². The normalized spacial score (nSPS) is 16.6. The van der Waals surface area contributed by atoms with Crippen molar-refractivity contribution in [1.29, 1.82) is 0 Å². The topological polar surface area (TPSA) is 78.0 Å². The van der Waals surface area contributed by atoms with Gasteiger partial charge in [0.25, 0.3) is 5.91 Å². The smallest absolute Gasteiger partial charge is 0.271 e. The van der Waals surface area contributed by atoms with Crippen LogP contribution in [0.15, 0.2) is 23.6 Å². The van der Waals surface area contributed by atoms with E-state index in [-0.39, 0.29) is 17.9 Å². The van der Waals surface area contributed by atoms with Crippen LogP contribution in [0.2, 0.25) is 0 Å². The fourth-order valence-electron chi connectivity index (χ4n) is 2.42. The lowest BCUT2D eigenvalue weighted by Crippen LogP contribution is -2.44. The van der Waals surface area contributed by atoms with Crippen LogP contribution in [0, 0.1) is 5.41 Å². The summed E-state index contributed by atoms with van der Waals surface area (Å²) < 4.78 is 0. The number of nitrogens with zero attached hydrogens (tertiary/aromatic N) is 1. The third-order valence-electron chi connectivity index (χ3n) is 3.97. The van der Waals surface area contributed by atoms with Crippen LogP contribution in [-0.2, 0) is 0 Å². The number of nitrogens with one attached hydrogen (secondary N) is 2. The first-order chi connectivity index (χ1) is 9.72. The number of aromatic nitrogens is 2. The van der Waals surface area contributed by atoms with E-state index in [0.717, 1.165) is 29.8 Å². The van der Waals surface area contributed by atoms with Gasteiger partial charge in [-0.25, -0.2) is 0 Å². The van der Waals surface area contributed by atoms with Gasteiger partial charge in [-0.15, -0.1) is 11.3 Å². The molecule has 1 amide bonds.